The first-order chi connectivity index (χ1) is 29.2. The number of ether oxygens (including phenoxy) is 5. The average Bonchev–Trinajstić information content (AvgIpc) is 3.24. The number of hydrogen-bond donors (Lipinski definition) is 3. The van der Waals surface area contributed by atoms with Crippen molar-refractivity contribution in [3.8, 4) is 0 Å². The summed E-state index contributed by atoms with van der Waals surface area (Å²) in [7, 11) is 1.05. The molecule has 0 aromatic rings. The Morgan fingerprint density at radius 1 is 0.919 bits per heavy atom. The van der Waals surface area contributed by atoms with Crippen molar-refractivity contribution in [2.45, 2.75) is 167 Å². The first kappa shape index (κ1) is 51.8. The third-order valence-electron chi connectivity index (χ3n) is 13.5. The number of amides is 1. The van der Waals surface area contributed by atoms with Gasteiger partial charge in [-0.05, 0) is 95.5 Å². The molecule has 4 rings (SSSR count). The van der Waals surface area contributed by atoms with Crippen LogP contribution in [0.15, 0.2) is 34.8 Å². The van der Waals surface area contributed by atoms with Gasteiger partial charge in [-0.15, -0.1) is 0 Å². The lowest BCUT2D eigenvalue weighted by molar-refractivity contribution is -0.302. The molecule has 0 spiro atoms. The molecule has 0 aromatic heterocycles. The van der Waals surface area contributed by atoms with Crippen LogP contribution in [0.4, 0.5) is 0 Å². The quantitative estimate of drug-likeness (QED) is 0.166. The fraction of sp³-hybridized carbons (Fsp3) is 0.783. The molecule has 0 unspecified atom stereocenters. The maximum Gasteiger partial charge on any atom is 0.329 e. The van der Waals surface area contributed by atoms with Gasteiger partial charge in [0.25, 0.3) is 11.7 Å². The summed E-state index contributed by atoms with van der Waals surface area (Å²) in [6, 6.07) is -1.19. The molecule has 352 valence electrons. The molecule has 16 heteroatoms. The van der Waals surface area contributed by atoms with E-state index in [-0.39, 0.29) is 55.6 Å². The van der Waals surface area contributed by atoms with E-state index in [1.165, 1.54) is 34.3 Å². The first-order valence-corrected chi connectivity index (χ1v) is 24.1. The van der Waals surface area contributed by atoms with Crippen LogP contribution in [0.5, 0.6) is 0 Å². The van der Waals surface area contributed by atoms with Crippen LogP contribution in [0, 0.1) is 29.6 Å². The number of Topliss-reactive ketones (excluding diaryl/α,β-unsaturated/α-hetero) is 2. The van der Waals surface area contributed by atoms with E-state index in [1.54, 1.807) is 26.8 Å². The van der Waals surface area contributed by atoms with Crippen LogP contribution in [0.2, 0.25) is 0 Å². The summed E-state index contributed by atoms with van der Waals surface area (Å²) < 4.78 is 54.5. The van der Waals surface area contributed by atoms with E-state index in [0.717, 1.165) is 15.9 Å². The molecule has 4 aliphatic rings. The molecule has 14 atom stereocenters. The summed E-state index contributed by atoms with van der Waals surface area (Å²) in [4.78, 5) is 58.3. The highest BCUT2D eigenvalue weighted by Gasteiger charge is 2.56. The number of carbonyl (C=O) groups is 4. The summed E-state index contributed by atoms with van der Waals surface area (Å²) in [6.45, 7) is 10.5. The third-order valence-corrected chi connectivity index (χ3v) is 15.0. The molecule has 15 nitrogen and oxygen atoms in total. The highest BCUT2D eigenvalue weighted by atomic mass is 32.2. The van der Waals surface area contributed by atoms with Gasteiger partial charge in [-0.3, -0.25) is 14.4 Å². The van der Waals surface area contributed by atoms with Gasteiger partial charge in [0.05, 0.1) is 36.3 Å². The predicted octanol–water partition coefficient (Wildman–Crippen LogP) is 4.40. The number of methoxy groups -OCH3 is 3. The molecule has 2 bridgehead atoms. The highest BCUT2D eigenvalue weighted by Crippen LogP contribution is 2.39. The topological polar surface area (TPSA) is 212 Å². The summed E-state index contributed by atoms with van der Waals surface area (Å²) in [6.07, 6.45) is 3.17. The van der Waals surface area contributed by atoms with Gasteiger partial charge in [0.2, 0.25) is 5.79 Å². The largest absolute Gasteiger partial charge is 0.456 e. The van der Waals surface area contributed by atoms with Crippen molar-refractivity contribution >= 4 is 33.3 Å². The average molecular weight is 896 g/mol. The number of esters is 1. The van der Waals surface area contributed by atoms with Gasteiger partial charge in [-0.1, -0.05) is 51.5 Å². The number of piperidine rings is 1. The Morgan fingerprint density at radius 2 is 1.58 bits per heavy atom. The van der Waals surface area contributed by atoms with Crippen LogP contribution in [0.3, 0.4) is 0 Å². The number of carbonyl (C=O) groups excluding carboxylic acids is 4. The van der Waals surface area contributed by atoms with E-state index in [4.69, 9.17) is 23.7 Å². The van der Waals surface area contributed by atoms with Crippen LogP contribution in [0.25, 0.3) is 0 Å². The second-order valence-corrected chi connectivity index (χ2v) is 20.5. The zero-order valence-electron chi connectivity index (χ0n) is 38.2. The zero-order chi connectivity index (χ0) is 46.1. The van der Waals surface area contributed by atoms with Crippen molar-refractivity contribution < 1.29 is 66.6 Å². The van der Waals surface area contributed by atoms with Gasteiger partial charge in [0.1, 0.15) is 24.0 Å². The number of cyclic esters (lactones) is 1. The monoisotopic (exact) mass is 895 g/mol. The minimum atomic E-state index is -3.48. The van der Waals surface area contributed by atoms with Crippen molar-refractivity contribution in [3.05, 3.63) is 34.8 Å². The van der Waals surface area contributed by atoms with Gasteiger partial charge in [0, 0.05) is 57.5 Å². The van der Waals surface area contributed by atoms with Crippen LogP contribution >= 0.6 is 0 Å². The molecule has 62 heavy (non-hydrogen) atoms. The summed E-state index contributed by atoms with van der Waals surface area (Å²) in [5, 5.41) is 35.5. The number of sulfone groups is 1. The lowest BCUT2D eigenvalue weighted by atomic mass is 9.81. The maximum absolute atomic E-state index is 14.4. The second kappa shape index (κ2) is 22.9. The molecule has 3 heterocycles. The zero-order valence-corrected chi connectivity index (χ0v) is 39.0. The lowest BCUT2D eigenvalue weighted by Gasteiger charge is -2.47. The normalized spacial score (nSPS) is 39.1. The van der Waals surface area contributed by atoms with Crippen LogP contribution in [-0.2, 0) is 52.7 Å². The minimum absolute atomic E-state index is 0.0495. The molecule has 0 radical (unpaired) electrons. The minimum Gasteiger partial charge on any atom is -0.456 e. The number of aliphatic hydroxyl groups is 3. The van der Waals surface area contributed by atoms with E-state index >= 15 is 0 Å². The maximum atomic E-state index is 14.4. The SMILES string of the molecule is CCS(=O)(=O)/C=C/C[C@@H]1/C=C(\C)C[C@H](C)C[C@H](OC)[C@H]2O[C@@](O)(C(=O)C(=O)N3CCCC[C@H]3C(=O)O[C@H](/C(C)=C/[C@@H]3CC[C@@H](O)[C@H](OC)C3)[C@H](C)[C@@H](O)CC1=O)[C@H](C)C[C@@H]2OC. The Hall–Kier alpha value is -2.83. The molecule has 3 aliphatic heterocycles. The Kier molecular flexibility index (Phi) is 19.1. The van der Waals surface area contributed by atoms with Crippen LogP contribution in [-0.4, -0.2) is 140 Å². The van der Waals surface area contributed by atoms with E-state index in [9.17, 15) is 42.9 Å². The molecule has 1 saturated carbocycles. The van der Waals surface area contributed by atoms with E-state index in [2.05, 4.69) is 0 Å². The van der Waals surface area contributed by atoms with Crippen LogP contribution in [0.1, 0.15) is 112 Å². The van der Waals surface area contributed by atoms with Crippen molar-refractivity contribution in [1.29, 1.82) is 0 Å². The van der Waals surface area contributed by atoms with Crippen LogP contribution < -0.4 is 0 Å². The van der Waals surface area contributed by atoms with Crippen molar-refractivity contribution in [2.75, 3.05) is 33.6 Å². The standard InChI is InChI=1S/C46H73NO14S/c1-10-62(55,56)19-13-14-33-21-27(2)20-28(3)22-39(58-8)42-40(59-9)24-30(5)46(54,61-42)43(51)44(52)47-18-12-11-15-34(47)45(53)60-41(31(6)36(49)26-37(33)50)29(4)23-32-16-17-35(48)38(25-32)57-7/h13,19,21,23,28,30-36,38-42,48-49,54H,10-12,14-18,20,22,24-26H2,1-9H3/b19-13+,27-21+,29-23+/t28-,30+,31+,32-,33+,34-,35+,36-,38+,39-,40-,41+,42+,46+/m0/s1. The highest BCUT2D eigenvalue weighted by molar-refractivity contribution is 7.94. The Bertz CT molecular complexity index is 1760. The number of nitrogens with zero attached hydrogens (tertiary/aromatic N) is 1. The molecule has 0 aromatic carbocycles. The van der Waals surface area contributed by atoms with Gasteiger partial charge in [-0.2, -0.15) is 0 Å². The molecule has 2 saturated heterocycles. The number of rotatable bonds is 9. The number of aliphatic hydroxyl groups excluding tert-OH is 2. The van der Waals surface area contributed by atoms with Crippen molar-refractivity contribution in [3.63, 3.8) is 0 Å². The molecule has 3 fully saturated rings. The third kappa shape index (κ3) is 12.9. The molecule has 1 aliphatic carbocycles. The van der Waals surface area contributed by atoms with Gasteiger partial charge in [0.15, 0.2) is 9.84 Å². The fourth-order valence-electron chi connectivity index (χ4n) is 9.69. The fourth-order valence-corrected chi connectivity index (χ4v) is 10.3. The van der Waals surface area contributed by atoms with E-state index in [0.29, 0.717) is 50.5 Å². The number of ketones is 2. The first-order valence-electron chi connectivity index (χ1n) is 22.4. The summed E-state index contributed by atoms with van der Waals surface area (Å²) in [5.41, 5.74) is 1.43. The summed E-state index contributed by atoms with van der Waals surface area (Å²) >= 11 is 0. The molecule has 1 amide bonds. The Labute approximate surface area is 368 Å². The van der Waals surface area contributed by atoms with E-state index < -0.39 is 99.8 Å². The Balaban J connectivity index is 1.81. The molecular formula is C46H73NO14S. The van der Waals surface area contributed by atoms with Crippen molar-refractivity contribution in [2.24, 2.45) is 29.6 Å². The number of hydrogen-bond acceptors (Lipinski definition) is 14. The Morgan fingerprint density at radius 3 is 2.23 bits per heavy atom. The number of allylic oxidation sites excluding steroid dienone is 4. The second-order valence-electron chi connectivity index (χ2n) is 18.3. The van der Waals surface area contributed by atoms with Gasteiger partial charge < -0.3 is 43.9 Å². The molecule has 3 N–H and O–H groups in total. The van der Waals surface area contributed by atoms with Gasteiger partial charge >= 0.3 is 5.97 Å². The van der Waals surface area contributed by atoms with Gasteiger partial charge in [-0.25, -0.2) is 13.2 Å². The number of fused-ring (bicyclic) bond motifs is 3. The lowest BCUT2D eigenvalue weighted by Crippen LogP contribution is -2.64. The summed E-state index contributed by atoms with van der Waals surface area (Å²) in [5.74, 6) is -8.73. The van der Waals surface area contributed by atoms with E-state index in [1.807, 2.05) is 19.9 Å². The predicted molar refractivity (Wildman–Crippen MR) is 231 cm³/mol. The molecular weight excluding hydrogens is 823 g/mol. The smallest absolute Gasteiger partial charge is 0.329 e. The van der Waals surface area contributed by atoms with Crippen molar-refractivity contribution in [1.82, 2.24) is 4.90 Å².